The Bertz CT molecular complexity index is 331. The topological polar surface area (TPSA) is 47.7 Å². The van der Waals surface area contributed by atoms with Crippen molar-refractivity contribution in [2.75, 3.05) is 45.4 Å². The molecule has 0 saturated carbocycles. The molecule has 1 aromatic carbocycles. The lowest BCUT2D eigenvalue weighted by Gasteiger charge is -2.22. The van der Waals surface area contributed by atoms with Crippen LogP contribution in [-0.4, -0.2) is 40.5 Å². The summed E-state index contributed by atoms with van der Waals surface area (Å²) in [7, 11) is 3.77. The van der Waals surface area contributed by atoms with Gasteiger partial charge in [0.25, 0.3) is 0 Å². The molecule has 102 valence electrons. The zero-order chi connectivity index (χ0) is 13.2. The van der Waals surface area contributed by atoms with Crippen molar-refractivity contribution in [3.63, 3.8) is 0 Å². The van der Waals surface area contributed by atoms with Gasteiger partial charge in [-0.15, -0.1) is 0 Å². The highest BCUT2D eigenvalue weighted by molar-refractivity contribution is 5.52. The Morgan fingerprint density at radius 1 is 1.17 bits per heavy atom. The molecule has 4 heteroatoms. The van der Waals surface area contributed by atoms with E-state index in [1.807, 2.05) is 12.1 Å². The van der Waals surface area contributed by atoms with E-state index in [1.165, 1.54) is 11.3 Å². The third-order valence-electron chi connectivity index (χ3n) is 2.84. The van der Waals surface area contributed by atoms with Gasteiger partial charge in [0.05, 0.1) is 13.2 Å². The second kappa shape index (κ2) is 8.91. The minimum Gasteiger partial charge on any atom is -0.382 e. The van der Waals surface area contributed by atoms with Crippen LogP contribution >= 0.6 is 0 Å². The maximum absolute atomic E-state index is 5.73. The van der Waals surface area contributed by atoms with Gasteiger partial charge >= 0.3 is 0 Å². The molecule has 0 amide bonds. The molecule has 0 aliphatic carbocycles. The predicted molar refractivity (Wildman–Crippen MR) is 74.9 cm³/mol. The highest BCUT2D eigenvalue weighted by Crippen LogP contribution is 2.18. The number of nitrogens with two attached hydrogens (primary N) is 1. The Labute approximate surface area is 110 Å². The number of nitrogens with zero attached hydrogens (tertiary/aromatic N) is 1. The number of benzene rings is 1. The van der Waals surface area contributed by atoms with E-state index < -0.39 is 0 Å². The molecule has 1 rings (SSSR count). The predicted octanol–water partition coefficient (Wildman–Crippen LogP) is 1.63. The number of ether oxygens (including phenoxy) is 2. The molecule has 0 aliphatic heterocycles. The Hall–Kier alpha value is -1.10. The molecular weight excluding hydrogens is 228 g/mol. The SMILES string of the molecule is COCCOCCCN(C)c1ccccc1CN. The smallest absolute Gasteiger partial charge is 0.0700 e. The average molecular weight is 252 g/mol. The number of hydrogen-bond donors (Lipinski definition) is 1. The second-order valence-electron chi connectivity index (χ2n) is 4.21. The molecule has 0 atom stereocenters. The molecule has 1 aromatic rings. The number of rotatable bonds is 9. The lowest BCUT2D eigenvalue weighted by atomic mass is 10.1. The van der Waals surface area contributed by atoms with Gasteiger partial charge in [-0.3, -0.25) is 0 Å². The van der Waals surface area contributed by atoms with E-state index in [1.54, 1.807) is 7.11 Å². The summed E-state index contributed by atoms with van der Waals surface area (Å²) in [6.45, 7) is 3.62. The molecule has 0 aliphatic rings. The van der Waals surface area contributed by atoms with E-state index in [0.717, 1.165) is 19.6 Å². The van der Waals surface area contributed by atoms with Crippen molar-refractivity contribution in [2.24, 2.45) is 5.73 Å². The Morgan fingerprint density at radius 2 is 1.94 bits per heavy atom. The normalized spacial score (nSPS) is 10.6. The standard InChI is InChI=1S/C14H24N2O2/c1-16(8-5-9-18-11-10-17-2)14-7-4-3-6-13(14)12-15/h3-4,6-7H,5,8-12,15H2,1-2H3. The Balaban J connectivity index is 2.29. The van der Waals surface area contributed by atoms with Gasteiger partial charge in [0, 0.05) is 39.5 Å². The molecule has 0 unspecified atom stereocenters. The molecule has 18 heavy (non-hydrogen) atoms. The number of hydrogen-bond acceptors (Lipinski definition) is 4. The maximum atomic E-state index is 5.73. The van der Waals surface area contributed by atoms with Crippen LogP contribution < -0.4 is 10.6 Å². The van der Waals surface area contributed by atoms with Crippen molar-refractivity contribution in [1.82, 2.24) is 0 Å². The van der Waals surface area contributed by atoms with Gasteiger partial charge in [0.2, 0.25) is 0 Å². The molecule has 0 saturated heterocycles. The van der Waals surface area contributed by atoms with E-state index in [2.05, 4.69) is 24.1 Å². The van der Waals surface area contributed by atoms with E-state index >= 15 is 0 Å². The number of para-hydroxylation sites is 1. The molecule has 0 fully saturated rings. The van der Waals surface area contributed by atoms with Crippen molar-refractivity contribution in [1.29, 1.82) is 0 Å². The first-order chi connectivity index (χ1) is 8.79. The Kier molecular flexibility index (Phi) is 7.41. The largest absolute Gasteiger partial charge is 0.382 e. The van der Waals surface area contributed by atoms with Crippen LogP contribution in [0.4, 0.5) is 5.69 Å². The molecule has 2 N–H and O–H groups in total. The average Bonchev–Trinajstić information content (AvgIpc) is 2.42. The number of methoxy groups -OCH3 is 1. The molecule has 4 nitrogen and oxygen atoms in total. The van der Waals surface area contributed by atoms with Gasteiger partial charge in [-0.05, 0) is 18.1 Å². The van der Waals surface area contributed by atoms with Crippen LogP contribution in [0.15, 0.2) is 24.3 Å². The van der Waals surface area contributed by atoms with Crippen LogP contribution in [0.25, 0.3) is 0 Å². The highest BCUT2D eigenvalue weighted by atomic mass is 16.5. The van der Waals surface area contributed by atoms with Gasteiger partial charge in [0.1, 0.15) is 0 Å². The maximum Gasteiger partial charge on any atom is 0.0700 e. The zero-order valence-corrected chi connectivity index (χ0v) is 11.4. The summed E-state index contributed by atoms with van der Waals surface area (Å²) >= 11 is 0. The first-order valence-electron chi connectivity index (χ1n) is 6.35. The molecule has 0 spiro atoms. The van der Waals surface area contributed by atoms with Crippen molar-refractivity contribution in [3.05, 3.63) is 29.8 Å². The van der Waals surface area contributed by atoms with Crippen LogP contribution in [-0.2, 0) is 16.0 Å². The molecule has 0 aromatic heterocycles. The van der Waals surface area contributed by atoms with Gasteiger partial charge in [-0.2, -0.15) is 0 Å². The molecule has 0 bridgehead atoms. The monoisotopic (exact) mass is 252 g/mol. The fourth-order valence-electron chi connectivity index (χ4n) is 1.82. The van der Waals surface area contributed by atoms with Crippen LogP contribution in [0.1, 0.15) is 12.0 Å². The van der Waals surface area contributed by atoms with Crippen LogP contribution in [0.3, 0.4) is 0 Å². The molecule has 0 heterocycles. The van der Waals surface area contributed by atoms with E-state index in [9.17, 15) is 0 Å². The third kappa shape index (κ3) is 5.04. The fraction of sp³-hybridized carbons (Fsp3) is 0.571. The summed E-state index contributed by atoms with van der Waals surface area (Å²) in [6.07, 6.45) is 0.999. The summed E-state index contributed by atoms with van der Waals surface area (Å²) < 4.78 is 10.4. The van der Waals surface area contributed by atoms with Crippen molar-refractivity contribution in [3.8, 4) is 0 Å². The van der Waals surface area contributed by atoms with Gasteiger partial charge < -0.3 is 20.1 Å². The molecular formula is C14H24N2O2. The summed E-state index contributed by atoms with van der Waals surface area (Å²) in [5, 5.41) is 0. The fourth-order valence-corrected chi connectivity index (χ4v) is 1.82. The van der Waals surface area contributed by atoms with E-state index in [-0.39, 0.29) is 0 Å². The lowest BCUT2D eigenvalue weighted by Crippen LogP contribution is -2.22. The second-order valence-corrected chi connectivity index (χ2v) is 4.21. The van der Waals surface area contributed by atoms with Crippen LogP contribution in [0, 0.1) is 0 Å². The zero-order valence-electron chi connectivity index (χ0n) is 11.4. The van der Waals surface area contributed by atoms with Gasteiger partial charge in [-0.25, -0.2) is 0 Å². The van der Waals surface area contributed by atoms with Crippen LogP contribution in [0.5, 0.6) is 0 Å². The van der Waals surface area contributed by atoms with Crippen molar-refractivity contribution >= 4 is 5.69 Å². The van der Waals surface area contributed by atoms with Crippen molar-refractivity contribution < 1.29 is 9.47 Å². The summed E-state index contributed by atoms with van der Waals surface area (Å²) in [5.41, 5.74) is 8.12. The van der Waals surface area contributed by atoms with Gasteiger partial charge in [0.15, 0.2) is 0 Å². The highest BCUT2D eigenvalue weighted by Gasteiger charge is 2.04. The first kappa shape index (κ1) is 15.0. The van der Waals surface area contributed by atoms with E-state index in [4.69, 9.17) is 15.2 Å². The van der Waals surface area contributed by atoms with Gasteiger partial charge in [-0.1, -0.05) is 18.2 Å². The van der Waals surface area contributed by atoms with Crippen LogP contribution in [0.2, 0.25) is 0 Å². The summed E-state index contributed by atoms with van der Waals surface area (Å²) in [4.78, 5) is 2.22. The summed E-state index contributed by atoms with van der Waals surface area (Å²) in [6, 6.07) is 8.24. The summed E-state index contributed by atoms with van der Waals surface area (Å²) in [5.74, 6) is 0. The first-order valence-corrected chi connectivity index (χ1v) is 6.35. The molecule has 0 radical (unpaired) electrons. The third-order valence-corrected chi connectivity index (χ3v) is 2.84. The van der Waals surface area contributed by atoms with Crippen molar-refractivity contribution in [2.45, 2.75) is 13.0 Å². The lowest BCUT2D eigenvalue weighted by molar-refractivity contribution is 0.0701. The minimum absolute atomic E-state index is 0.574. The Morgan fingerprint density at radius 3 is 2.67 bits per heavy atom. The number of anilines is 1. The quantitative estimate of drug-likeness (QED) is 0.679. The van der Waals surface area contributed by atoms with E-state index in [0.29, 0.717) is 19.8 Å². The minimum atomic E-state index is 0.574.